The lowest BCUT2D eigenvalue weighted by atomic mass is 10.2. The summed E-state index contributed by atoms with van der Waals surface area (Å²) in [5.41, 5.74) is 1.46. The predicted molar refractivity (Wildman–Crippen MR) is 84.1 cm³/mol. The van der Waals surface area contributed by atoms with Crippen LogP contribution in [0, 0.1) is 12.7 Å². The molecule has 1 amide bonds. The minimum atomic E-state index is -1.09. The standard InChI is InChI=1S/C16H19FN4O3/c1-10(2)20(9-14(22)23)16(24)15-11(3)21(19-18-15)8-12-4-6-13(17)7-5-12/h4-7,10H,8-9H2,1-3H3,(H,22,23). The van der Waals surface area contributed by atoms with Crippen LogP contribution in [0.3, 0.4) is 0 Å². The molecule has 0 unspecified atom stereocenters. The zero-order valence-electron chi connectivity index (χ0n) is 13.7. The highest BCUT2D eigenvalue weighted by Gasteiger charge is 2.26. The van der Waals surface area contributed by atoms with Crippen LogP contribution in [0.4, 0.5) is 4.39 Å². The number of carbonyl (C=O) groups excluding carboxylic acids is 1. The smallest absolute Gasteiger partial charge is 0.323 e. The Bertz CT molecular complexity index is 740. The van der Waals surface area contributed by atoms with Gasteiger partial charge in [-0.3, -0.25) is 9.59 Å². The number of hydrogen-bond donors (Lipinski definition) is 1. The molecule has 0 aliphatic rings. The lowest BCUT2D eigenvalue weighted by Crippen LogP contribution is -2.41. The number of aliphatic carboxylic acids is 1. The van der Waals surface area contributed by atoms with Gasteiger partial charge < -0.3 is 10.0 Å². The van der Waals surface area contributed by atoms with Crippen molar-refractivity contribution in [3.63, 3.8) is 0 Å². The molecule has 1 heterocycles. The van der Waals surface area contributed by atoms with E-state index in [1.807, 2.05) is 0 Å². The minimum Gasteiger partial charge on any atom is -0.480 e. The van der Waals surface area contributed by atoms with Crippen molar-refractivity contribution in [3.8, 4) is 0 Å². The Kier molecular flexibility index (Phi) is 5.28. The van der Waals surface area contributed by atoms with Crippen LogP contribution in [-0.4, -0.2) is 49.5 Å². The van der Waals surface area contributed by atoms with Gasteiger partial charge in [-0.25, -0.2) is 9.07 Å². The van der Waals surface area contributed by atoms with E-state index in [4.69, 9.17) is 5.11 Å². The second kappa shape index (κ2) is 7.20. The number of carbonyl (C=O) groups is 2. The largest absolute Gasteiger partial charge is 0.480 e. The second-order valence-electron chi connectivity index (χ2n) is 5.73. The lowest BCUT2D eigenvalue weighted by molar-refractivity contribution is -0.138. The van der Waals surface area contributed by atoms with Gasteiger partial charge in [0.25, 0.3) is 5.91 Å². The number of amides is 1. The van der Waals surface area contributed by atoms with Gasteiger partial charge in [-0.1, -0.05) is 17.3 Å². The van der Waals surface area contributed by atoms with E-state index in [1.165, 1.54) is 21.7 Å². The average Bonchev–Trinajstić information content (AvgIpc) is 2.87. The van der Waals surface area contributed by atoms with E-state index in [2.05, 4.69) is 10.3 Å². The van der Waals surface area contributed by atoms with Crippen molar-refractivity contribution in [3.05, 3.63) is 47.0 Å². The third-order valence-corrected chi connectivity index (χ3v) is 3.62. The van der Waals surface area contributed by atoms with E-state index in [0.717, 1.165) is 5.56 Å². The molecule has 1 aromatic carbocycles. The molecule has 8 heteroatoms. The molecule has 0 bridgehead atoms. The van der Waals surface area contributed by atoms with Crippen LogP contribution in [0.25, 0.3) is 0 Å². The molecule has 2 aromatic rings. The summed E-state index contributed by atoms with van der Waals surface area (Å²) < 4.78 is 14.5. The van der Waals surface area contributed by atoms with Gasteiger partial charge in [0.05, 0.1) is 12.2 Å². The Morgan fingerprint density at radius 2 is 1.92 bits per heavy atom. The van der Waals surface area contributed by atoms with Gasteiger partial charge in [0.15, 0.2) is 5.69 Å². The van der Waals surface area contributed by atoms with Crippen LogP contribution in [0.1, 0.15) is 35.6 Å². The van der Waals surface area contributed by atoms with Crippen LogP contribution < -0.4 is 0 Å². The zero-order valence-corrected chi connectivity index (χ0v) is 13.7. The fraction of sp³-hybridized carbons (Fsp3) is 0.375. The molecule has 2 rings (SSSR count). The Morgan fingerprint density at radius 1 is 1.29 bits per heavy atom. The van der Waals surface area contributed by atoms with Crippen molar-refractivity contribution in [2.45, 2.75) is 33.4 Å². The van der Waals surface area contributed by atoms with E-state index in [0.29, 0.717) is 12.2 Å². The van der Waals surface area contributed by atoms with Gasteiger partial charge in [-0.05, 0) is 38.5 Å². The molecule has 128 valence electrons. The van der Waals surface area contributed by atoms with E-state index in [1.54, 1.807) is 32.9 Å². The summed E-state index contributed by atoms with van der Waals surface area (Å²) >= 11 is 0. The first-order chi connectivity index (χ1) is 11.3. The van der Waals surface area contributed by atoms with Gasteiger partial charge in [-0.15, -0.1) is 5.10 Å². The summed E-state index contributed by atoms with van der Waals surface area (Å²) in [7, 11) is 0. The van der Waals surface area contributed by atoms with Crippen LogP contribution in [0.15, 0.2) is 24.3 Å². The fourth-order valence-corrected chi connectivity index (χ4v) is 2.24. The number of carboxylic acids is 1. The van der Waals surface area contributed by atoms with Crippen molar-refractivity contribution in [2.24, 2.45) is 0 Å². The maximum absolute atomic E-state index is 13.0. The summed E-state index contributed by atoms with van der Waals surface area (Å²) in [6, 6.07) is 5.67. The average molecular weight is 334 g/mol. The van der Waals surface area contributed by atoms with Crippen LogP contribution in [0.5, 0.6) is 0 Å². The molecular weight excluding hydrogens is 315 g/mol. The normalized spacial score (nSPS) is 10.9. The molecule has 0 aliphatic carbocycles. The number of nitrogens with zero attached hydrogens (tertiary/aromatic N) is 4. The van der Waals surface area contributed by atoms with E-state index in [9.17, 15) is 14.0 Å². The molecule has 0 spiro atoms. The van der Waals surface area contributed by atoms with Gasteiger partial charge in [-0.2, -0.15) is 0 Å². The van der Waals surface area contributed by atoms with Crippen molar-refractivity contribution in [1.29, 1.82) is 0 Å². The Hall–Kier alpha value is -2.77. The van der Waals surface area contributed by atoms with Crippen LogP contribution in [0.2, 0.25) is 0 Å². The van der Waals surface area contributed by atoms with Crippen LogP contribution in [-0.2, 0) is 11.3 Å². The molecule has 0 saturated heterocycles. The SMILES string of the molecule is Cc1c(C(=O)N(CC(=O)O)C(C)C)nnn1Cc1ccc(F)cc1. The van der Waals surface area contributed by atoms with Crippen molar-refractivity contribution < 1.29 is 19.1 Å². The lowest BCUT2D eigenvalue weighted by Gasteiger charge is -2.24. The van der Waals surface area contributed by atoms with E-state index < -0.39 is 18.4 Å². The molecule has 0 fully saturated rings. The van der Waals surface area contributed by atoms with Crippen molar-refractivity contribution in [1.82, 2.24) is 19.9 Å². The number of aromatic nitrogens is 3. The Morgan fingerprint density at radius 3 is 2.46 bits per heavy atom. The maximum Gasteiger partial charge on any atom is 0.323 e. The van der Waals surface area contributed by atoms with Gasteiger partial charge >= 0.3 is 5.97 Å². The Labute approximate surface area is 138 Å². The fourth-order valence-electron chi connectivity index (χ4n) is 2.24. The predicted octanol–water partition coefficient (Wildman–Crippen LogP) is 1.71. The highest BCUT2D eigenvalue weighted by molar-refractivity contribution is 5.95. The van der Waals surface area contributed by atoms with Gasteiger partial charge in [0.1, 0.15) is 12.4 Å². The molecule has 0 aliphatic heterocycles. The highest BCUT2D eigenvalue weighted by Crippen LogP contribution is 2.12. The molecular formula is C16H19FN4O3. The second-order valence-corrected chi connectivity index (χ2v) is 5.73. The maximum atomic E-state index is 13.0. The quantitative estimate of drug-likeness (QED) is 0.869. The summed E-state index contributed by atoms with van der Waals surface area (Å²) in [5.74, 6) is -1.89. The molecule has 1 aromatic heterocycles. The van der Waals surface area contributed by atoms with E-state index in [-0.39, 0.29) is 17.6 Å². The van der Waals surface area contributed by atoms with Crippen LogP contribution >= 0.6 is 0 Å². The molecule has 0 saturated carbocycles. The third kappa shape index (κ3) is 3.95. The summed E-state index contributed by atoms with van der Waals surface area (Å²) in [5, 5.41) is 16.8. The summed E-state index contributed by atoms with van der Waals surface area (Å²) in [4.78, 5) is 24.7. The number of benzene rings is 1. The van der Waals surface area contributed by atoms with E-state index >= 15 is 0 Å². The highest BCUT2D eigenvalue weighted by atomic mass is 19.1. The van der Waals surface area contributed by atoms with Gasteiger partial charge in [0, 0.05) is 6.04 Å². The first-order valence-electron chi connectivity index (χ1n) is 7.47. The monoisotopic (exact) mass is 334 g/mol. The third-order valence-electron chi connectivity index (χ3n) is 3.62. The number of rotatable bonds is 6. The number of carboxylic acid groups (broad SMARTS) is 1. The summed E-state index contributed by atoms with van der Waals surface area (Å²) in [6.45, 7) is 5.10. The first kappa shape index (κ1) is 17.6. The van der Waals surface area contributed by atoms with Gasteiger partial charge in [0.2, 0.25) is 0 Å². The molecule has 24 heavy (non-hydrogen) atoms. The Balaban J connectivity index is 2.23. The number of hydrogen-bond acceptors (Lipinski definition) is 4. The summed E-state index contributed by atoms with van der Waals surface area (Å²) in [6.07, 6.45) is 0. The number of halogens is 1. The molecule has 0 radical (unpaired) electrons. The molecule has 0 atom stereocenters. The first-order valence-corrected chi connectivity index (χ1v) is 7.47. The van der Waals surface area contributed by atoms with Crippen molar-refractivity contribution >= 4 is 11.9 Å². The molecule has 7 nitrogen and oxygen atoms in total. The zero-order chi connectivity index (χ0) is 17.9. The minimum absolute atomic E-state index is 0.118. The van der Waals surface area contributed by atoms with Crippen molar-refractivity contribution in [2.75, 3.05) is 6.54 Å². The molecule has 1 N–H and O–H groups in total. The topological polar surface area (TPSA) is 88.3 Å².